The van der Waals surface area contributed by atoms with Crippen LogP contribution in [-0.4, -0.2) is 45.0 Å². The van der Waals surface area contributed by atoms with E-state index in [2.05, 4.69) is 21.5 Å². The number of rotatable bonds is 5. The number of hydrogen-bond acceptors (Lipinski definition) is 4. The average Bonchev–Trinajstić information content (AvgIpc) is 3.11. The molecule has 0 bridgehead atoms. The van der Waals surface area contributed by atoms with Crippen LogP contribution >= 0.6 is 0 Å². The molecule has 0 aliphatic carbocycles. The molecule has 2 aromatic rings. The summed E-state index contributed by atoms with van der Waals surface area (Å²) >= 11 is 0. The maximum atomic E-state index is 12.9. The van der Waals surface area contributed by atoms with Crippen LogP contribution < -0.4 is 4.74 Å². The lowest BCUT2D eigenvalue weighted by Gasteiger charge is -2.32. The molecule has 0 spiro atoms. The number of amides is 1. The molecule has 1 aliphatic heterocycles. The van der Waals surface area contributed by atoms with Crippen LogP contribution in [-0.2, 0) is 6.54 Å². The topological polar surface area (TPSA) is 60.2 Å². The minimum Gasteiger partial charge on any atom is -0.477 e. The minimum atomic E-state index is -0.00847. The highest BCUT2D eigenvalue weighted by molar-refractivity contribution is 5.96. The molecule has 3 rings (SSSR count). The second kappa shape index (κ2) is 7.47. The molecule has 6 heteroatoms. The van der Waals surface area contributed by atoms with Crippen molar-refractivity contribution in [3.8, 4) is 5.88 Å². The van der Waals surface area contributed by atoms with Crippen LogP contribution in [0, 0.1) is 0 Å². The van der Waals surface area contributed by atoms with Crippen LogP contribution in [0.4, 0.5) is 0 Å². The Morgan fingerprint density at radius 3 is 3.00 bits per heavy atom. The van der Waals surface area contributed by atoms with Crippen molar-refractivity contribution < 1.29 is 9.53 Å². The lowest BCUT2D eigenvalue weighted by atomic mass is 9.96. The van der Waals surface area contributed by atoms with Crippen molar-refractivity contribution in [2.75, 3.05) is 19.7 Å². The number of carbonyl (C=O) groups is 1. The molecule has 24 heavy (non-hydrogen) atoms. The number of aryl methyl sites for hydroxylation is 1. The second-order valence-corrected chi connectivity index (χ2v) is 5.95. The summed E-state index contributed by atoms with van der Waals surface area (Å²) in [6.45, 7) is 6.86. The molecule has 0 N–H and O–H groups in total. The number of nitrogens with zero attached hydrogens (tertiary/aromatic N) is 4. The third kappa shape index (κ3) is 3.27. The van der Waals surface area contributed by atoms with Crippen LogP contribution in [0.25, 0.3) is 0 Å². The first-order valence-electron chi connectivity index (χ1n) is 8.62. The molecule has 0 unspecified atom stereocenters. The predicted octanol–water partition coefficient (Wildman–Crippen LogP) is 2.72. The van der Waals surface area contributed by atoms with Crippen molar-refractivity contribution in [1.29, 1.82) is 0 Å². The smallest absolute Gasteiger partial charge is 0.259 e. The first kappa shape index (κ1) is 16.5. The van der Waals surface area contributed by atoms with Crippen LogP contribution in [0.5, 0.6) is 5.88 Å². The largest absolute Gasteiger partial charge is 0.477 e. The molecule has 1 atom stereocenters. The first-order valence-corrected chi connectivity index (χ1v) is 8.62. The molecule has 0 saturated carbocycles. The van der Waals surface area contributed by atoms with Gasteiger partial charge in [0.2, 0.25) is 5.88 Å². The third-order valence-corrected chi connectivity index (χ3v) is 4.44. The number of imidazole rings is 1. The molecule has 1 saturated heterocycles. The first-order chi connectivity index (χ1) is 11.7. The summed E-state index contributed by atoms with van der Waals surface area (Å²) in [4.78, 5) is 23.6. The molecule has 1 fully saturated rings. The van der Waals surface area contributed by atoms with Crippen molar-refractivity contribution in [3.63, 3.8) is 0 Å². The number of carbonyl (C=O) groups excluding carboxylic acids is 1. The van der Waals surface area contributed by atoms with E-state index in [0.717, 1.165) is 31.8 Å². The number of hydrogen-bond donors (Lipinski definition) is 0. The van der Waals surface area contributed by atoms with Gasteiger partial charge in [0.05, 0.1) is 6.61 Å². The fourth-order valence-corrected chi connectivity index (χ4v) is 3.30. The molecule has 3 heterocycles. The van der Waals surface area contributed by atoms with Gasteiger partial charge in [0.1, 0.15) is 11.4 Å². The zero-order valence-electron chi connectivity index (χ0n) is 14.3. The molecule has 0 aromatic carbocycles. The van der Waals surface area contributed by atoms with Gasteiger partial charge in [-0.2, -0.15) is 0 Å². The highest BCUT2D eigenvalue weighted by Gasteiger charge is 2.29. The number of pyridine rings is 1. The SMILES string of the molecule is CCOc1ncccc1C(=O)N1CCC[C@@H](c2nccn2CC)C1. The third-order valence-electron chi connectivity index (χ3n) is 4.44. The Morgan fingerprint density at radius 1 is 1.33 bits per heavy atom. The van der Waals surface area contributed by atoms with Crippen molar-refractivity contribution >= 4 is 5.91 Å². The van der Waals surface area contributed by atoms with Gasteiger partial charge in [-0.25, -0.2) is 9.97 Å². The van der Waals surface area contributed by atoms with E-state index in [1.165, 1.54) is 0 Å². The van der Waals surface area contributed by atoms with Gasteiger partial charge in [0.25, 0.3) is 5.91 Å². The van der Waals surface area contributed by atoms with Crippen molar-refractivity contribution in [2.24, 2.45) is 0 Å². The molecular formula is C18H24N4O2. The molecule has 1 aliphatic rings. The molecule has 128 valence electrons. The van der Waals surface area contributed by atoms with E-state index in [0.29, 0.717) is 24.6 Å². The quantitative estimate of drug-likeness (QED) is 0.847. The van der Waals surface area contributed by atoms with Crippen LogP contribution in [0.3, 0.4) is 0 Å². The zero-order valence-corrected chi connectivity index (χ0v) is 14.3. The summed E-state index contributed by atoms with van der Waals surface area (Å²) in [5.74, 6) is 1.77. The lowest BCUT2D eigenvalue weighted by Crippen LogP contribution is -2.40. The highest BCUT2D eigenvalue weighted by atomic mass is 16.5. The number of ether oxygens (including phenoxy) is 1. The fourth-order valence-electron chi connectivity index (χ4n) is 3.30. The Labute approximate surface area is 142 Å². The maximum absolute atomic E-state index is 12.9. The standard InChI is InChI=1S/C18H24N4O2/c1-3-21-12-10-19-16(21)14-7-6-11-22(13-14)18(23)15-8-5-9-20-17(15)24-4-2/h5,8-10,12,14H,3-4,6-7,11,13H2,1-2H3/t14-/m1/s1. The van der Waals surface area contributed by atoms with E-state index in [1.807, 2.05) is 24.2 Å². The van der Waals surface area contributed by atoms with E-state index in [1.54, 1.807) is 18.3 Å². The van der Waals surface area contributed by atoms with Gasteiger partial charge < -0.3 is 14.2 Å². The summed E-state index contributed by atoms with van der Waals surface area (Å²) < 4.78 is 7.67. The number of aromatic nitrogens is 3. The summed E-state index contributed by atoms with van der Waals surface area (Å²) in [5, 5.41) is 0. The van der Waals surface area contributed by atoms with Crippen LogP contribution in [0.2, 0.25) is 0 Å². The van der Waals surface area contributed by atoms with Gasteiger partial charge in [0, 0.05) is 44.1 Å². The zero-order chi connectivity index (χ0) is 16.9. The molecule has 1 amide bonds. The Hall–Kier alpha value is -2.37. The lowest BCUT2D eigenvalue weighted by molar-refractivity contribution is 0.0698. The Kier molecular flexibility index (Phi) is 5.13. The summed E-state index contributed by atoms with van der Waals surface area (Å²) in [5.41, 5.74) is 0.541. The second-order valence-electron chi connectivity index (χ2n) is 5.95. The van der Waals surface area contributed by atoms with Crippen LogP contribution in [0.15, 0.2) is 30.7 Å². The predicted molar refractivity (Wildman–Crippen MR) is 91.2 cm³/mol. The number of piperidine rings is 1. The van der Waals surface area contributed by atoms with Gasteiger partial charge in [0.15, 0.2) is 0 Å². The Morgan fingerprint density at radius 2 is 2.21 bits per heavy atom. The van der Waals surface area contributed by atoms with Crippen LogP contribution in [0.1, 0.15) is 48.8 Å². The summed E-state index contributed by atoms with van der Waals surface area (Å²) in [7, 11) is 0. The molecule has 0 radical (unpaired) electrons. The summed E-state index contributed by atoms with van der Waals surface area (Å²) in [6.07, 6.45) is 7.54. The van der Waals surface area contributed by atoms with E-state index in [4.69, 9.17) is 4.74 Å². The van der Waals surface area contributed by atoms with Gasteiger partial charge >= 0.3 is 0 Å². The Balaban J connectivity index is 1.79. The van der Waals surface area contributed by atoms with Crippen molar-refractivity contribution in [2.45, 2.75) is 39.2 Å². The monoisotopic (exact) mass is 328 g/mol. The van der Waals surface area contributed by atoms with Crippen molar-refractivity contribution in [3.05, 3.63) is 42.1 Å². The fraction of sp³-hybridized carbons (Fsp3) is 0.500. The Bertz CT molecular complexity index is 698. The van der Waals surface area contributed by atoms with E-state index < -0.39 is 0 Å². The van der Waals surface area contributed by atoms with E-state index in [9.17, 15) is 4.79 Å². The molecular weight excluding hydrogens is 304 g/mol. The minimum absolute atomic E-state index is 0.00847. The van der Waals surface area contributed by atoms with Gasteiger partial charge in [-0.15, -0.1) is 0 Å². The number of likely N-dealkylation sites (tertiary alicyclic amines) is 1. The van der Waals surface area contributed by atoms with Gasteiger partial charge in [-0.05, 0) is 38.8 Å². The van der Waals surface area contributed by atoms with Crippen molar-refractivity contribution in [1.82, 2.24) is 19.4 Å². The molecule has 2 aromatic heterocycles. The van der Waals surface area contributed by atoms with E-state index >= 15 is 0 Å². The van der Waals surface area contributed by atoms with E-state index in [-0.39, 0.29) is 11.8 Å². The highest BCUT2D eigenvalue weighted by Crippen LogP contribution is 2.28. The van der Waals surface area contributed by atoms with Gasteiger partial charge in [-0.3, -0.25) is 4.79 Å². The normalized spacial score (nSPS) is 17.8. The molecule has 6 nitrogen and oxygen atoms in total. The summed E-state index contributed by atoms with van der Waals surface area (Å²) in [6, 6.07) is 3.57. The average molecular weight is 328 g/mol. The maximum Gasteiger partial charge on any atom is 0.259 e. The van der Waals surface area contributed by atoms with Gasteiger partial charge in [-0.1, -0.05) is 0 Å².